The van der Waals surface area contributed by atoms with Crippen molar-refractivity contribution in [1.82, 2.24) is 10.2 Å². The zero-order chi connectivity index (χ0) is 20.1. The van der Waals surface area contributed by atoms with Crippen LogP contribution in [-0.4, -0.2) is 31.5 Å². The number of thioether (sulfide) groups is 1. The molecule has 2 aromatic carbocycles. The molecular weight excluding hydrogens is 376 g/mol. The van der Waals surface area contributed by atoms with Gasteiger partial charge in [0.25, 0.3) is 5.22 Å². The Balaban J connectivity index is 1.75. The van der Waals surface area contributed by atoms with Gasteiger partial charge in [0, 0.05) is 11.3 Å². The summed E-state index contributed by atoms with van der Waals surface area (Å²) in [4.78, 5) is 0. The lowest BCUT2D eigenvalue weighted by Gasteiger charge is -2.12. The van der Waals surface area contributed by atoms with Gasteiger partial charge in [-0.1, -0.05) is 49.9 Å². The number of aromatic nitrogens is 2. The Morgan fingerprint density at radius 1 is 0.929 bits per heavy atom. The molecule has 0 aliphatic heterocycles. The van der Waals surface area contributed by atoms with Crippen molar-refractivity contribution in [2.24, 2.45) is 0 Å². The summed E-state index contributed by atoms with van der Waals surface area (Å²) in [6, 6.07) is 12.2. The Kier molecular flexibility index (Phi) is 6.46. The zero-order valence-electron chi connectivity index (χ0n) is 16.7. The molecule has 0 N–H and O–H groups in total. The molecule has 0 spiro atoms. The van der Waals surface area contributed by atoms with Gasteiger partial charge in [0.1, 0.15) is 0 Å². The summed E-state index contributed by atoms with van der Waals surface area (Å²) in [5.74, 6) is 3.28. The fraction of sp³-hybridized carbons (Fsp3) is 0.333. The maximum atomic E-state index is 5.81. The van der Waals surface area contributed by atoms with E-state index in [2.05, 4.69) is 48.3 Å². The first-order valence-corrected chi connectivity index (χ1v) is 9.89. The number of nitrogens with zero attached hydrogens (tertiary/aromatic N) is 2. The quantitative estimate of drug-likeness (QED) is 0.483. The maximum absolute atomic E-state index is 5.81. The molecule has 148 valence electrons. The highest BCUT2D eigenvalue weighted by Gasteiger charge is 2.17. The molecule has 0 fully saturated rings. The SMILES string of the molecule is COc1cc(-c2nnc(SCc3ccc(C(C)C)cc3)o2)cc(OC)c1OC. The molecule has 1 aromatic heterocycles. The van der Waals surface area contributed by atoms with Crippen LogP contribution in [-0.2, 0) is 5.75 Å². The van der Waals surface area contributed by atoms with E-state index in [0.29, 0.717) is 39.8 Å². The summed E-state index contributed by atoms with van der Waals surface area (Å²) in [7, 11) is 4.71. The van der Waals surface area contributed by atoms with E-state index in [1.807, 2.05) is 0 Å². The molecule has 0 radical (unpaired) electrons. The first kappa shape index (κ1) is 20.1. The second-order valence-corrected chi connectivity index (χ2v) is 7.40. The third-order valence-corrected chi connectivity index (χ3v) is 5.22. The molecule has 0 saturated heterocycles. The molecule has 6 nitrogen and oxygen atoms in total. The number of benzene rings is 2. The van der Waals surface area contributed by atoms with Gasteiger partial charge in [-0.2, -0.15) is 0 Å². The third-order valence-electron chi connectivity index (χ3n) is 4.33. The van der Waals surface area contributed by atoms with Crippen LogP contribution in [0.4, 0.5) is 0 Å². The Morgan fingerprint density at radius 3 is 2.11 bits per heavy atom. The van der Waals surface area contributed by atoms with Gasteiger partial charge in [0.2, 0.25) is 11.6 Å². The summed E-state index contributed by atoms with van der Waals surface area (Å²) in [5, 5.41) is 8.80. The van der Waals surface area contributed by atoms with Crippen molar-refractivity contribution < 1.29 is 18.6 Å². The minimum atomic E-state index is 0.400. The first-order chi connectivity index (χ1) is 13.5. The fourth-order valence-corrected chi connectivity index (χ4v) is 3.45. The van der Waals surface area contributed by atoms with Crippen LogP contribution in [0, 0.1) is 0 Å². The highest BCUT2D eigenvalue weighted by Crippen LogP contribution is 2.41. The van der Waals surface area contributed by atoms with E-state index in [0.717, 1.165) is 5.75 Å². The van der Waals surface area contributed by atoms with Gasteiger partial charge in [-0.3, -0.25) is 0 Å². The van der Waals surface area contributed by atoms with Crippen molar-refractivity contribution in [3.8, 4) is 28.7 Å². The van der Waals surface area contributed by atoms with Gasteiger partial charge >= 0.3 is 0 Å². The van der Waals surface area contributed by atoms with Crippen LogP contribution in [0.1, 0.15) is 30.9 Å². The first-order valence-electron chi connectivity index (χ1n) is 8.91. The van der Waals surface area contributed by atoms with Crippen molar-refractivity contribution in [3.63, 3.8) is 0 Å². The standard InChI is InChI=1S/C21H24N2O4S/c1-13(2)15-8-6-14(7-9-15)12-28-21-23-22-20(27-21)16-10-17(24-3)19(26-5)18(11-16)25-4/h6-11,13H,12H2,1-5H3. The third kappa shape index (κ3) is 4.42. The van der Waals surface area contributed by atoms with E-state index in [4.69, 9.17) is 18.6 Å². The Morgan fingerprint density at radius 2 is 1.57 bits per heavy atom. The number of methoxy groups -OCH3 is 3. The lowest BCUT2D eigenvalue weighted by atomic mass is 10.0. The van der Waals surface area contributed by atoms with Crippen LogP contribution in [0.5, 0.6) is 17.2 Å². The second kappa shape index (κ2) is 9.01. The maximum Gasteiger partial charge on any atom is 0.277 e. The molecule has 0 amide bonds. The highest BCUT2D eigenvalue weighted by atomic mass is 32.2. The van der Waals surface area contributed by atoms with Crippen LogP contribution < -0.4 is 14.2 Å². The summed E-state index contributed by atoms with van der Waals surface area (Å²) in [5.41, 5.74) is 3.24. The second-order valence-electron chi connectivity index (χ2n) is 6.47. The van der Waals surface area contributed by atoms with Gasteiger partial charge in [0.05, 0.1) is 21.3 Å². The van der Waals surface area contributed by atoms with Gasteiger partial charge in [0.15, 0.2) is 11.5 Å². The number of rotatable bonds is 8. The number of ether oxygens (including phenoxy) is 3. The van der Waals surface area contributed by atoms with Crippen LogP contribution in [0.25, 0.3) is 11.5 Å². The van der Waals surface area contributed by atoms with Crippen LogP contribution in [0.2, 0.25) is 0 Å². The average molecular weight is 401 g/mol. The number of hydrogen-bond donors (Lipinski definition) is 0. The van der Waals surface area contributed by atoms with E-state index in [1.165, 1.54) is 22.9 Å². The lowest BCUT2D eigenvalue weighted by molar-refractivity contribution is 0.324. The molecule has 1 heterocycles. The zero-order valence-corrected chi connectivity index (χ0v) is 17.5. The van der Waals surface area contributed by atoms with Crippen LogP contribution in [0.15, 0.2) is 46.0 Å². The lowest BCUT2D eigenvalue weighted by Crippen LogP contribution is -1.95. The largest absolute Gasteiger partial charge is 0.493 e. The Bertz CT molecular complexity index is 897. The monoisotopic (exact) mass is 400 g/mol. The highest BCUT2D eigenvalue weighted by molar-refractivity contribution is 7.98. The predicted molar refractivity (Wildman–Crippen MR) is 109 cm³/mol. The minimum absolute atomic E-state index is 0.400. The van der Waals surface area contributed by atoms with E-state index >= 15 is 0 Å². The fourth-order valence-electron chi connectivity index (χ4n) is 2.73. The van der Waals surface area contributed by atoms with E-state index in [-0.39, 0.29) is 0 Å². The summed E-state index contributed by atoms with van der Waals surface area (Å²) in [6.07, 6.45) is 0. The molecule has 0 atom stereocenters. The van der Waals surface area contributed by atoms with Gasteiger partial charge < -0.3 is 18.6 Å². The smallest absolute Gasteiger partial charge is 0.277 e. The molecule has 0 saturated carbocycles. The van der Waals surface area contributed by atoms with Crippen molar-refractivity contribution in [1.29, 1.82) is 0 Å². The molecule has 3 aromatic rings. The normalized spacial score (nSPS) is 10.9. The van der Waals surface area contributed by atoms with Gasteiger partial charge in [-0.25, -0.2) is 0 Å². The molecule has 7 heteroatoms. The molecule has 0 unspecified atom stereocenters. The molecule has 0 aliphatic rings. The van der Waals surface area contributed by atoms with Crippen LogP contribution >= 0.6 is 11.8 Å². The van der Waals surface area contributed by atoms with E-state index in [1.54, 1.807) is 33.5 Å². The molecule has 0 aliphatic carbocycles. The van der Waals surface area contributed by atoms with Crippen molar-refractivity contribution in [2.45, 2.75) is 30.7 Å². The number of hydrogen-bond acceptors (Lipinski definition) is 7. The van der Waals surface area contributed by atoms with E-state index in [9.17, 15) is 0 Å². The Hall–Kier alpha value is -2.67. The minimum Gasteiger partial charge on any atom is -0.493 e. The van der Waals surface area contributed by atoms with Crippen molar-refractivity contribution in [2.75, 3.05) is 21.3 Å². The molecule has 28 heavy (non-hydrogen) atoms. The molecule has 0 bridgehead atoms. The summed E-state index contributed by atoms with van der Waals surface area (Å²) in [6.45, 7) is 4.37. The molecule has 3 rings (SSSR count). The summed E-state index contributed by atoms with van der Waals surface area (Å²) >= 11 is 1.50. The van der Waals surface area contributed by atoms with Gasteiger partial charge in [-0.05, 0) is 29.2 Å². The van der Waals surface area contributed by atoms with Crippen molar-refractivity contribution >= 4 is 11.8 Å². The molecular formula is C21H24N2O4S. The van der Waals surface area contributed by atoms with Crippen LogP contribution in [0.3, 0.4) is 0 Å². The topological polar surface area (TPSA) is 66.6 Å². The average Bonchev–Trinajstić information content (AvgIpc) is 3.20. The predicted octanol–water partition coefficient (Wildman–Crippen LogP) is 5.18. The van der Waals surface area contributed by atoms with E-state index < -0.39 is 0 Å². The Labute approximate surface area is 169 Å². The van der Waals surface area contributed by atoms with Gasteiger partial charge in [-0.15, -0.1) is 10.2 Å². The summed E-state index contributed by atoms with van der Waals surface area (Å²) < 4.78 is 21.9. The van der Waals surface area contributed by atoms with Crippen molar-refractivity contribution in [3.05, 3.63) is 47.5 Å².